The molecule has 5 atom stereocenters. The Balaban J connectivity index is 2.00. The Morgan fingerprint density at radius 3 is 2.60 bits per heavy atom. The number of nitriles is 1. The van der Waals surface area contributed by atoms with E-state index in [0.717, 1.165) is 24.3 Å². The van der Waals surface area contributed by atoms with Crippen molar-refractivity contribution in [2.75, 3.05) is 7.05 Å². The Morgan fingerprint density at radius 1 is 1.15 bits per heavy atom. The first-order valence-electron chi connectivity index (χ1n) is 8.77. The van der Waals surface area contributed by atoms with E-state index in [1.807, 2.05) is 0 Å². The van der Waals surface area contributed by atoms with E-state index < -0.39 is 0 Å². The molecule has 2 aliphatic carbocycles. The van der Waals surface area contributed by atoms with Gasteiger partial charge in [-0.3, -0.25) is 4.90 Å². The van der Waals surface area contributed by atoms with Crippen molar-refractivity contribution < 1.29 is 0 Å². The molecule has 2 nitrogen and oxygen atoms in total. The van der Waals surface area contributed by atoms with Gasteiger partial charge in [0.1, 0.15) is 0 Å². The highest BCUT2D eigenvalue weighted by Gasteiger charge is 2.36. The lowest BCUT2D eigenvalue weighted by atomic mass is 9.75. The van der Waals surface area contributed by atoms with Crippen LogP contribution in [-0.2, 0) is 0 Å². The summed E-state index contributed by atoms with van der Waals surface area (Å²) in [5.41, 5.74) is 0. The Bertz CT molecular complexity index is 333. The minimum absolute atomic E-state index is 0.269. The Kier molecular flexibility index (Phi) is 5.90. The molecule has 2 fully saturated rings. The second kappa shape index (κ2) is 7.46. The second-order valence-electron chi connectivity index (χ2n) is 7.36. The molecule has 0 radical (unpaired) electrons. The van der Waals surface area contributed by atoms with Gasteiger partial charge in [0.05, 0.1) is 12.0 Å². The van der Waals surface area contributed by atoms with E-state index >= 15 is 0 Å². The van der Waals surface area contributed by atoms with Gasteiger partial charge >= 0.3 is 0 Å². The zero-order valence-electron chi connectivity index (χ0n) is 13.6. The van der Waals surface area contributed by atoms with Crippen LogP contribution in [0.1, 0.15) is 71.6 Å². The molecule has 0 heterocycles. The average Bonchev–Trinajstić information content (AvgIpc) is 2.47. The van der Waals surface area contributed by atoms with Crippen LogP contribution in [0.4, 0.5) is 0 Å². The molecule has 0 bridgehead atoms. The van der Waals surface area contributed by atoms with Crippen molar-refractivity contribution in [1.82, 2.24) is 4.90 Å². The molecule has 0 aliphatic heterocycles. The summed E-state index contributed by atoms with van der Waals surface area (Å²) in [5, 5.41) is 9.50. The van der Waals surface area contributed by atoms with E-state index in [1.54, 1.807) is 0 Å². The minimum Gasteiger partial charge on any atom is -0.299 e. The van der Waals surface area contributed by atoms with E-state index in [2.05, 4.69) is 31.9 Å². The standard InChI is InChI=1S/C18H32N2/c1-4-6-15-9-10-16(13-19)18(12-15)20(3)17-8-5-7-14(2)11-17/h14-18H,4-12H2,1-3H3. The van der Waals surface area contributed by atoms with Crippen LogP contribution in [0.15, 0.2) is 0 Å². The van der Waals surface area contributed by atoms with Gasteiger partial charge in [0.2, 0.25) is 0 Å². The zero-order valence-corrected chi connectivity index (χ0v) is 13.6. The molecule has 114 valence electrons. The van der Waals surface area contributed by atoms with Crippen LogP contribution in [0.2, 0.25) is 0 Å². The second-order valence-corrected chi connectivity index (χ2v) is 7.36. The predicted molar refractivity (Wildman–Crippen MR) is 84.3 cm³/mol. The monoisotopic (exact) mass is 276 g/mol. The Morgan fingerprint density at radius 2 is 1.95 bits per heavy atom. The van der Waals surface area contributed by atoms with Gasteiger partial charge in [-0.25, -0.2) is 0 Å². The van der Waals surface area contributed by atoms with Crippen LogP contribution in [0.25, 0.3) is 0 Å². The molecule has 2 rings (SSSR count). The summed E-state index contributed by atoms with van der Waals surface area (Å²) in [5.74, 6) is 2.00. The molecular formula is C18H32N2. The fraction of sp³-hybridized carbons (Fsp3) is 0.944. The molecule has 2 saturated carbocycles. The van der Waals surface area contributed by atoms with E-state index in [0.29, 0.717) is 6.04 Å². The van der Waals surface area contributed by atoms with Gasteiger partial charge in [0.25, 0.3) is 0 Å². The molecule has 0 N–H and O–H groups in total. The number of nitrogens with zero attached hydrogens (tertiary/aromatic N) is 2. The van der Waals surface area contributed by atoms with Gasteiger partial charge in [0, 0.05) is 12.1 Å². The highest BCUT2D eigenvalue weighted by atomic mass is 15.2. The lowest BCUT2D eigenvalue weighted by Gasteiger charge is -2.44. The maximum atomic E-state index is 9.50. The molecule has 20 heavy (non-hydrogen) atoms. The Hall–Kier alpha value is -0.550. The van der Waals surface area contributed by atoms with Crippen LogP contribution in [0, 0.1) is 29.1 Å². The maximum Gasteiger partial charge on any atom is 0.0672 e. The van der Waals surface area contributed by atoms with Crippen molar-refractivity contribution in [3.05, 3.63) is 0 Å². The molecule has 0 aromatic carbocycles. The molecular weight excluding hydrogens is 244 g/mol. The molecule has 0 aromatic heterocycles. The topological polar surface area (TPSA) is 27.0 Å². The van der Waals surface area contributed by atoms with Crippen molar-refractivity contribution >= 4 is 0 Å². The molecule has 0 saturated heterocycles. The predicted octanol–water partition coefficient (Wildman–Crippen LogP) is 4.61. The SMILES string of the molecule is CCCC1CCC(C#N)C(N(C)C2CCCC(C)C2)C1. The first-order valence-corrected chi connectivity index (χ1v) is 8.77. The number of hydrogen-bond donors (Lipinski definition) is 0. The van der Waals surface area contributed by atoms with Crippen LogP contribution >= 0.6 is 0 Å². The third kappa shape index (κ3) is 3.76. The molecule has 0 amide bonds. The van der Waals surface area contributed by atoms with Gasteiger partial charge in [0.15, 0.2) is 0 Å². The van der Waals surface area contributed by atoms with E-state index in [4.69, 9.17) is 0 Å². The molecule has 0 spiro atoms. The molecule has 5 unspecified atom stereocenters. The summed E-state index contributed by atoms with van der Waals surface area (Å²) in [6, 6.07) is 3.84. The normalized spacial score (nSPS) is 38.6. The van der Waals surface area contributed by atoms with E-state index in [1.165, 1.54) is 51.4 Å². The van der Waals surface area contributed by atoms with E-state index in [-0.39, 0.29) is 5.92 Å². The molecule has 2 heteroatoms. The molecule has 2 aliphatic rings. The summed E-state index contributed by atoms with van der Waals surface area (Å²) in [4.78, 5) is 2.60. The van der Waals surface area contributed by atoms with Gasteiger partial charge in [-0.05, 0) is 51.0 Å². The summed E-state index contributed by atoms with van der Waals surface area (Å²) in [6.07, 6.45) is 11.7. The first kappa shape index (κ1) is 15.8. The zero-order chi connectivity index (χ0) is 14.5. The number of rotatable bonds is 4. The molecule has 0 aromatic rings. The Labute approximate surface area is 125 Å². The van der Waals surface area contributed by atoms with Crippen molar-refractivity contribution in [2.45, 2.75) is 83.7 Å². The number of hydrogen-bond acceptors (Lipinski definition) is 2. The van der Waals surface area contributed by atoms with Crippen LogP contribution < -0.4 is 0 Å². The smallest absolute Gasteiger partial charge is 0.0672 e. The van der Waals surface area contributed by atoms with Gasteiger partial charge < -0.3 is 0 Å². The van der Waals surface area contributed by atoms with Crippen molar-refractivity contribution in [3.63, 3.8) is 0 Å². The fourth-order valence-corrected chi connectivity index (χ4v) is 4.55. The average molecular weight is 276 g/mol. The third-order valence-electron chi connectivity index (χ3n) is 5.80. The largest absolute Gasteiger partial charge is 0.299 e. The summed E-state index contributed by atoms with van der Waals surface area (Å²) in [7, 11) is 2.30. The fourth-order valence-electron chi connectivity index (χ4n) is 4.55. The van der Waals surface area contributed by atoms with Crippen LogP contribution in [-0.4, -0.2) is 24.0 Å². The van der Waals surface area contributed by atoms with Gasteiger partial charge in [-0.15, -0.1) is 0 Å². The van der Waals surface area contributed by atoms with Crippen molar-refractivity contribution in [1.29, 1.82) is 5.26 Å². The van der Waals surface area contributed by atoms with Crippen molar-refractivity contribution in [2.24, 2.45) is 17.8 Å². The quantitative estimate of drug-likeness (QED) is 0.750. The maximum absolute atomic E-state index is 9.50. The highest BCUT2D eigenvalue weighted by Crippen LogP contribution is 2.37. The first-order chi connectivity index (χ1) is 9.65. The summed E-state index contributed by atoms with van der Waals surface area (Å²) in [6.45, 7) is 4.68. The highest BCUT2D eigenvalue weighted by molar-refractivity contribution is 4.98. The van der Waals surface area contributed by atoms with Crippen LogP contribution in [0.5, 0.6) is 0 Å². The third-order valence-corrected chi connectivity index (χ3v) is 5.80. The van der Waals surface area contributed by atoms with Crippen molar-refractivity contribution in [3.8, 4) is 6.07 Å². The summed E-state index contributed by atoms with van der Waals surface area (Å²) >= 11 is 0. The van der Waals surface area contributed by atoms with Gasteiger partial charge in [-0.1, -0.05) is 39.5 Å². The lowest BCUT2D eigenvalue weighted by molar-refractivity contribution is 0.0585. The van der Waals surface area contributed by atoms with E-state index in [9.17, 15) is 5.26 Å². The minimum atomic E-state index is 0.269. The lowest BCUT2D eigenvalue weighted by Crippen LogP contribution is -2.48. The van der Waals surface area contributed by atoms with Crippen LogP contribution in [0.3, 0.4) is 0 Å². The summed E-state index contributed by atoms with van der Waals surface area (Å²) < 4.78 is 0. The van der Waals surface area contributed by atoms with Gasteiger partial charge in [-0.2, -0.15) is 5.26 Å².